The van der Waals surface area contributed by atoms with Crippen molar-refractivity contribution in [2.75, 3.05) is 0 Å². The van der Waals surface area contributed by atoms with E-state index in [1.54, 1.807) is 0 Å². The first-order valence-electron chi connectivity index (χ1n) is 18.3. The van der Waals surface area contributed by atoms with Crippen molar-refractivity contribution in [3.05, 3.63) is 187 Å². The topological polar surface area (TPSA) is 62.4 Å². The van der Waals surface area contributed by atoms with Crippen molar-refractivity contribution in [3.8, 4) is 40.3 Å². The maximum Gasteiger partial charge on any atom is 0.0998 e. The Morgan fingerprint density at radius 3 is 1.53 bits per heavy atom. The molecule has 8 aromatic carbocycles. The summed E-state index contributed by atoms with van der Waals surface area (Å²) >= 11 is 0. The second-order valence-electron chi connectivity index (χ2n) is 14.0. The highest BCUT2D eigenvalue weighted by molar-refractivity contribution is 6.13. The second kappa shape index (κ2) is 11.8. The number of rotatable bonds is 4. The number of hydrogen-bond donors (Lipinski definition) is 0. The highest BCUT2D eigenvalue weighted by Crippen LogP contribution is 2.40. The number of fused-ring (bicyclic) bond motifs is 9. The molecule has 3 heterocycles. The molecule has 3 aromatic heterocycles. The normalized spacial score (nSPS) is 11.6. The van der Waals surface area contributed by atoms with Gasteiger partial charge in [-0.3, -0.25) is 0 Å². The fourth-order valence-corrected chi connectivity index (χ4v) is 8.77. The van der Waals surface area contributed by atoms with Gasteiger partial charge in [-0.25, -0.2) is 0 Å². The predicted octanol–water partition coefficient (Wildman–Crippen LogP) is 12.4. The molecule has 0 aliphatic rings. The molecule has 0 N–H and O–H groups in total. The third kappa shape index (κ3) is 4.45. The summed E-state index contributed by atoms with van der Waals surface area (Å²) in [5.41, 5.74) is 12.9. The van der Waals surface area contributed by atoms with Gasteiger partial charge >= 0.3 is 0 Å². The lowest BCUT2D eigenvalue weighted by atomic mass is 10.0. The highest BCUT2D eigenvalue weighted by Gasteiger charge is 2.20. The molecular formula is C50H29N5. The number of aromatic nitrogens is 3. The minimum absolute atomic E-state index is 0.572. The Hall–Kier alpha value is -7.86. The zero-order valence-corrected chi connectivity index (χ0v) is 29.5. The molecular weight excluding hydrogens is 671 g/mol. The van der Waals surface area contributed by atoms with Crippen LogP contribution in [-0.2, 0) is 0 Å². The van der Waals surface area contributed by atoms with E-state index in [2.05, 4.69) is 159 Å². The van der Waals surface area contributed by atoms with Crippen LogP contribution >= 0.6 is 0 Å². The SMILES string of the molecule is N#Cc1ccc(-c2ccc(-n3c4ccccc4c4cc(-n5c6ccccc6c6ccccc65)ccc43)cc2)c(-n2c3ccccc3c3c(C#N)cccc32)c1. The first kappa shape index (κ1) is 30.7. The van der Waals surface area contributed by atoms with Crippen molar-refractivity contribution >= 4 is 65.4 Å². The largest absolute Gasteiger partial charge is 0.309 e. The van der Waals surface area contributed by atoms with Crippen molar-refractivity contribution in [3.63, 3.8) is 0 Å². The molecule has 11 aromatic rings. The van der Waals surface area contributed by atoms with Gasteiger partial charge in [-0.2, -0.15) is 10.5 Å². The van der Waals surface area contributed by atoms with Crippen molar-refractivity contribution in [2.24, 2.45) is 0 Å². The monoisotopic (exact) mass is 699 g/mol. The van der Waals surface area contributed by atoms with Crippen molar-refractivity contribution in [1.29, 1.82) is 10.5 Å². The zero-order chi connectivity index (χ0) is 36.6. The molecule has 0 spiro atoms. The van der Waals surface area contributed by atoms with Crippen LogP contribution in [0.2, 0.25) is 0 Å². The fourth-order valence-electron chi connectivity index (χ4n) is 8.77. The zero-order valence-electron chi connectivity index (χ0n) is 29.5. The van der Waals surface area contributed by atoms with Crippen LogP contribution in [0.4, 0.5) is 0 Å². The summed E-state index contributed by atoms with van der Waals surface area (Å²) < 4.78 is 6.91. The average Bonchev–Trinajstić information content (AvgIpc) is 3.89. The van der Waals surface area contributed by atoms with Gasteiger partial charge in [-0.1, -0.05) is 97.1 Å². The molecule has 0 unspecified atom stereocenters. The number of hydrogen-bond acceptors (Lipinski definition) is 2. The van der Waals surface area contributed by atoms with Crippen LogP contribution < -0.4 is 0 Å². The van der Waals surface area contributed by atoms with E-state index in [9.17, 15) is 10.5 Å². The molecule has 0 fully saturated rings. The molecule has 0 amide bonds. The molecule has 5 heteroatoms. The number of para-hydroxylation sites is 4. The Bertz CT molecular complexity index is 3400. The molecule has 55 heavy (non-hydrogen) atoms. The van der Waals surface area contributed by atoms with Crippen LogP contribution in [0.5, 0.6) is 0 Å². The molecule has 0 aliphatic carbocycles. The Balaban J connectivity index is 1.08. The maximum atomic E-state index is 10.1. The summed E-state index contributed by atoms with van der Waals surface area (Å²) in [5.74, 6) is 0. The summed E-state index contributed by atoms with van der Waals surface area (Å²) in [6, 6.07) is 66.0. The molecule has 0 atom stereocenters. The fraction of sp³-hybridized carbons (Fsp3) is 0. The predicted molar refractivity (Wildman–Crippen MR) is 224 cm³/mol. The summed E-state index contributed by atoms with van der Waals surface area (Å²) in [6.45, 7) is 0. The van der Waals surface area contributed by atoms with E-state index >= 15 is 0 Å². The van der Waals surface area contributed by atoms with Crippen LogP contribution in [0.25, 0.3) is 93.6 Å². The number of nitrogens with zero attached hydrogens (tertiary/aromatic N) is 5. The van der Waals surface area contributed by atoms with Crippen molar-refractivity contribution < 1.29 is 0 Å². The Kier molecular flexibility index (Phi) is 6.61. The summed E-state index contributed by atoms with van der Waals surface area (Å²) in [5, 5.41) is 26.9. The van der Waals surface area contributed by atoms with Gasteiger partial charge in [0.15, 0.2) is 0 Å². The molecule has 11 rings (SSSR count). The van der Waals surface area contributed by atoms with Crippen LogP contribution in [0.3, 0.4) is 0 Å². The van der Waals surface area contributed by atoms with Gasteiger partial charge in [0.25, 0.3) is 0 Å². The molecule has 5 nitrogen and oxygen atoms in total. The lowest BCUT2D eigenvalue weighted by Gasteiger charge is -2.15. The standard InChI is InChI=1S/C50H29N5/c51-30-32-20-26-37(49(28-32)55-46-18-8-4-14-41(46)50-34(31-52)10-9-19-48(50)55)33-21-23-35(24-22-33)53-45-17-7-3-13-40(45)42-29-36(25-27-47(42)53)54-43-15-5-1-11-38(43)39-12-2-6-16-44(39)54/h1-29H. The number of nitriles is 2. The Morgan fingerprint density at radius 1 is 0.364 bits per heavy atom. The molecule has 0 saturated carbocycles. The van der Waals surface area contributed by atoms with Crippen LogP contribution in [-0.4, -0.2) is 13.7 Å². The third-order valence-corrected chi connectivity index (χ3v) is 11.1. The molecule has 0 aliphatic heterocycles. The minimum atomic E-state index is 0.572. The highest BCUT2D eigenvalue weighted by atomic mass is 15.0. The van der Waals surface area contributed by atoms with E-state index in [4.69, 9.17) is 0 Å². The van der Waals surface area contributed by atoms with Crippen LogP contribution in [0.15, 0.2) is 176 Å². The maximum absolute atomic E-state index is 10.1. The van der Waals surface area contributed by atoms with E-state index in [-0.39, 0.29) is 0 Å². The molecule has 254 valence electrons. The molecule has 0 radical (unpaired) electrons. The van der Waals surface area contributed by atoms with E-state index in [1.165, 1.54) is 32.6 Å². The lowest BCUT2D eigenvalue weighted by molar-refractivity contribution is 1.16. The van der Waals surface area contributed by atoms with Gasteiger partial charge < -0.3 is 13.7 Å². The van der Waals surface area contributed by atoms with Gasteiger partial charge in [0.2, 0.25) is 0 Å². The smallest absolute Gasteiger partial charge is 0.0998 e. The first-order chi connectivity index (χ1) is 27.2. The summed E-state index contributed by atoms with van der Waals surface area (Å²) in [6.07, 6.45) is 0. The van der Waals surface area contributed by atoms with Gasteiger partial charge in [-0.05, 0) is 84.4 Å². The third-order valence-electron chi connectivity index (χ3n) is 11.1. The Labute approximate surface area is 316 Å². The van der Waals surface area contributed by atoms with Gasteiger partial charge in [0, 0.05) is 49.3 Å². The second-order valence-corrected chi connectivity index (χ2v) is 14.0. The van der Waals surface area contributed by atoms with E-state index in [0.29, 0.717) is 11.1 Å². The van der Waals surface area contributed by atoms with Crippen molar-refractivity contribution in [1.82, 2.24) is 13.7 Å². The molecule has 0 saturated heterocycles. The minimum Gasteiger partial charge on any atom is -0.309 e. The molecule has 0 bridgehead atoms. The summed E-state index contributed by atoms with van der Waals surface area (Å²) in [4.78, 5) is 0. The Morgan fingerprint density at radius 2 is 0.891 bits per heavy atom. The van der Waals surface area contributed by atoms with Crippen LogP contribution in [0, 0.1) is 22.7 Å². The van der Waals surface area contributed by atoms with Gasteiger partial charge in [0.05, 0.1) is 62.1 Å². The van der Waals surface area contributed by atoms with E-state index < -0.39 is 0 Å². The van der Waals surface area contributed by atoms with Crippen LogP contribution in [0.1, 0.15) is 11.1 Å². The number of benzene rings is 8. The average molecular weight is 700 g/mol. The van der Waals surface area contributed by atoms with E-state index in [0.717, 1.165) is 61.0 Å². The lowest BCUT2D eigenvalue weighted by Crippen LogP contribution is -1.99. The van der Waals surface area contributed by atoms with Crippen molar-refractivity contribution in [2.45, 2.75) is 0 Å². The van der Waals surface area contributed by atoms with Gasteiger partial charge in [-0.15, -0.1) is 0 Å². The first-order valence-corrected chi connectivity index (χ1v) is 18.3. The van der Waals surface area contributed by atoms with Gasteiger partial charge in [0.1, 0.15) is 0 Å². The van der Waals surface area contributed by atoms with E-state index in [1.807, 2.05) is 42.5 Å². The summed E-state index contributed by atoms with van der Waals surface area (Å²) in [7, 11) is 0. The quantitative estimate of drug-likeness (QED) is 0.184.